The van der Waals surface area contributed by atoms with Gasteiger partial charge in [-0.1, -0.05) is 36.7 Å². The summed E-state index contributed by atoms with van der Waals surface area (Å²) in [7, 11) is 0. The molecule has 6 heteroatoms. The average Bonchev–Trinajstić information content (AvgIpc) is 2.74. The van der Waals surface area contributed by atoms with Crippen LogP contribution in [0.4, 0.5) is 0 Å². The van der Waals surface area contributed by atoms with E-state index in [0.717, 1.165) is 16.5 Å². The Labute approximate surface area is 119 Å². The Hall–Kier alpha value is -1.59. The third-order valence-electron chi connectivity index (χ3n) is 2.53. The molecule has 0 saturated carbocycles. The molecule has 0 aliphatic rings. The summed E-state index contributed by atoms with van der Waals surface area (Å²) in [4.78, 5) is 23.6. The van der Waals surface area contributed by atoms with Gasteiger partial charge in [0.2, 0.25) is 5.91 Å². The van der Waals surface area contributed by atoms with Gasteiger partial charge in [0.25, 0.3) is 5.91 Å². The van der Waals surface area contributed by atoms with Crippen molar-refractivity contribution in [1.29, 1.82) is 0 Å². The van der Waals surface area contributed by atoms with E-state index in [1.165, 1.54) is 11.3 Å². The number of fused-ring (bicyclic) bond motifs is 1. The predicted molar refractivity (Wildman–Crippen MR) is 77.4 cm³/mol. The van der Waals surface area contributed by atoms with Crippen molar-refractivity contribution in [1.82, 2.24) is 10.9 Å². The quantitative estimate of drug-likeness (QED) is 0.855. The van der Waals surface area contributed by atoms with E-state index in [0.29, 0.717) is 16.3 Å². The molecule has 2 rings (SSSR count). The van der Waals surface area contributed by atoms with Crippen LogP contribution in [0.2, 0.25) is 5.02 Å². The van der Waals surface area contributed by atoms with Gasteiger partial charge in [0.15, 0.2) is 0 Å². The molecule has 0 spiro atoms. The molecule has 0 unspecified atom stereocenters. The van der Waals surface area contributed by atoms with Crippen LogP contribution in [0, 0.1) is 0 Å². The van der Waals surface area contributed by atoms with E-state index in [2.05, 4.69) is 10.9 Å². The van der Waals surface area contributed by atoms with Crippen LogP contribution in [-0.4, -0.2) is 11.8 Å². The van der Waals surface area contributed by atoms with Crippen LogP contribution >= 0.6 is 22.9 Å². The van der Waals surface area contributed by atoms with Crippen molar-refractivity contribution < 1.29 is 9.59 Å². The number of halogens is 1. The molecular weight excluding hydrogens is 284 g/mol. The van der Waals surface area contributed by atoms with Crippen molar-refractivity contribution in [3.8, 4) is 0 Å². The van der Waals surface area contributed by atoms with Gasteiger partial charge in [-0.3, -0.25) is 20.4 Å². The Morgan fingerprint density at radius 2 is 2.00 bits per heavy atom. The molecule has 0 saturated heterocycles. The first-order valence-electron chi connectivity index (χ1n) is 5.89. The fraction of sp³-hybridized carbons (Fsp3) is 0.231. The minimum atomic E-state index is -0.393. The Morgan fingerprint density at radius 3 is 2.68 bits per heavy atom. The number of hydrazine groups is 1. The lowest BCUT2D eigenvalue weighted by Crippen LogP contribution is -2.41. The zero-order valence-corrected chi connectivity index (χ0v) is 11.9. The SMILES string of the molecule is CCCC(=O)NNC(=O)c1sc2ccccc2c1Cl. The van der Waals surface area contributed by atoms with Gasteiger partial charge in [-0.05, 0) is 12.5 Å². The highest BCUT2D eigenvalue weighted by atomic mass is 35.5. The van der Waals surface area contributed by atoms with Gasteiger partial charge in [-0.25, -0.2) is 0 Å². The molecule has 2 aromatic rings. The highest BCUT2D eigenvalue weighted by Crippen LogP contribution is 2.34. The number of nitrogens with one attached hydrogen (secondary N) is 2. The van der Waals surface area contributed by atoms with Crippen LogP contribution < -0.4 is 10.9 Å². The highest BCUT2D eigenvalue weighted by Gasteiger charge is 2.17. The molecular formula is C13H13ClN2O2S. The Balaban J connectivity index is 2.13. The number of amides is 2. The van der Waals surface area contributed by atoms with Crippen LogP contribution in [0.15, 0.2) is 24.3 Å². The number of hydrogen-bond donors (Lipinski definition) is 2. The first kappa shape index (κ1) is 13.8. The minimum Gasteiger partial charge on any atom is -0.273 e. The summed E-state index contributed by atoms with van der Waals surface area (Å²) < 4.78 is 0.942. The lowest BCUT2D eigenvalue weighted by atomic mass is 10.2. The summed E-state index contributed by atoms with van der Waals surface area (Å²) in [6.07, 6.45) is 1.10. The van der Waals surface area contributed by atoms with E-state index in [1.807, 2.05) is 31.2 Å². The molecule has 0 bridgehead atoms. The van der Waals surface area contributed by atoms with E-state index in [9.17, 15) is 9.59 Å². The Morgan fingerprint density at radius 1 is 1.26 bits per heavy atom. The largest absolute Gasteiger partial charge is 0.281 e. The second-order valence-corrected chi connectivity index (χ2v) is 5.42. The zero-order valence-electron chi connectivity index (χ0n) is 10.3. The molecule has 2 amide bonds. The average molecular weight is 297 g/mol. The Bertz CT molecular complexity index is 624. The number of benzene rings is 1. The number of carbonyl (C=O) groups excluding carboxylic acids is 2. The van der Waals surface area contributed by atoms with Gasteiger partial charge in [0.05, 0.1) is 5.02 Å². The van der Waals surface area contributed by atoms with Crippen LogP contribution in [0.1, 0.15) is 29.4 Å². The van der Waals surface area contributed by atoms with Gasteiger partial charge < -0.3 is 0 Å². The maximum Gasteiger partial charge on any atom is 0.281 e. The van der Waals surface area contributed by atoms with Crippen molar-refractivity contribution in [3.05, 3.63) is 34.2 Å². The van der Waals surface area contributed by atoms with Crippen molar-refractivity contribution in [2.45, 2.75) is 19.8 Å². The van der Waals surface area contributed by atoms with Crippen molar-refractivity contribution in [3.63, 3.8) is 0 Å². The van der Waals surface area contributed by atoms with E-state index < -0.39 is 5.91 Å². The monoisotopic (exact) mass is 296 g/mol. The molecule has 1 aromatic carbocycles. The third-order valence-corrected chi connectivity index (χ3v) is 4.21. The molecule has 0 aliphatic heterocycles. The van der Waals surface area contributed by atoms with Crippen LogP contribution in [-0.2, 0) is 4.79 Å². The van der Waals surface area contributed by atoms with Gasteiger partial charge in [0, 0.05) is 16.5 Å². The molecule has 0 aliphatic carbocycles. The molecule has 4 nitrogen and oxygen atoms in total. The van der Waals surface area contributed by atoms with Gasteiger partial charge in [-0.2, -0.15) is 0 Å². The first-order chi connectivity index (χ1) is 9.13. The first-order valence-corrected chi connectivity index (χ1v) is 7.09. The highest BCUT2D eigenvalue weighted by molar-refractivity contribution is 7.21. The lowest BCUT2D eigenvalue weighted by Gasteiger charge is -2.05. The predicted octanol–water partition coefficient (Wildman–Crippen LogP) is 3.12. The third kappa shape index (κ3) is 3.05. The molecule has 100 valence electrons. The molecule has 2 N–H and O–H groups in total. The van der Waals surface area contributed by atoms with Gasteiger partial charge in [0.1, 0.15) is 4.88 Å². The van der Waals surface area contributed by atoms with E-state index in [-0.39, 0.29) is 5.91 Å². The fourth-order valence-corrected chi connectivity index (χ4v) is 3.05. The maximum absolute atomic E-state index is 11.9. The van der Waals surface area contributed by atoms with Crippen molar-refractivity contribution in [2.24, 2.45) is 0 Å². The van der Waals surface area contributed by atoms with Gasteiger partial charge in [-0.15, -0.1) is 11.3 Å². The standard InChI is InChI=1S/C13H13ClN2O2S/c1-2-5-10(17)15-16-13(18)12-11(14)8-6-3-4-7-9(8)19-12/h3-4,6-7H,2,5H2,1H3,(H,15,17)(H,16,18). The summed E-state index contributed by atoms with van der Waals surface area (Å²) in [5, 5.41) is 1.27. The van der Waals surface area contributed by atoms with Crippen LogP contribution in [0.3, 0.4) is 0 Å². The molecule has 0 fully saturated rings. The van der Waals surface area contributed by atoms with Crippen LogP contribution in [0.5, 0.6) is 0 Å². The van der Waals surface area contributed by atoms with Gasteiger partial charge >= 0.3 is 0 Å². The minimum absolute atomic E-state index is 0.215. The second-order valence-electron chi connectivity index (χ2n) is 3.99. The molecule has 1 aromatic heterocycles. The van der Waals surface area contributed by atoms with E-state index in [1.54, 1.807) is 0 Å². The summed E-state index contributed by atoms with van der Waals surface area (Å²) in [5.41, 5.74) is 4.74. The van der Waals surface area contributed by atoms with Crippen molar-refractivity contribution >= 4 is 44.8 Å². The second kappa shape index (κ2) is 6.04. The number of hydrogen-bond acceptors (Lipinski definition) is 3. The topological polar surface area (TPSA) is 58.2 Å². The van der Waals surface area contributed by atoms with E-state index in [4.69, 9.17) is 11.6 Å². The summed E-state index contributed by atoms with van der Waals surface area (Å²) in [6, 6.07) is 7.52. The number of rotatable bonds is 3. The van der Waals surface area contributed by atoms with E-state index >= 15 is 0 Å². The van der Waals surface area contributed by atoms with Crippen molar-refractivity contribution in [2.75, 3.05) is 0 Å². The summed E-state index contributed by atoms with van der Waals surface area (Å²) in [6.45, 7) is 1.89. The maximum atomic E-state index is 11.9. The summed E-state index contributed by atoms with van der Waals surface area (Å²) >= 11 is 7.47. The molecule has 0 radical (unpaired) electrons. The Kier molecular flexibility index (Phi) is 4.39. The molecule has 19 heavy (non-hydrogen) atoms. The number of thiophene rings is 1. The smallest absolute Gasteiger partial charge is 0.273 e. The normalized spacial score (nSPS) is 10.4. The fourth-order valence-electron chi connectivity index (χ4n) is 1.63. The zero-order chi connectivity index (χ0) is 13.8. The summed E-state index contributed by atoms with van der Waals surface area (Å²) in [5.74, 6) is -0.608. The molecule has 1 heterocycles. The number of carbonyl (C=O) groups is 2. The van der Waals surface area contributed by atoms with Crippen LogP contribution in [0.25, 0.3) is 10.1 Å². The lowest BCUT2D eigenvalue weighted by molar-refractivity contribution is -0.121. The molecule has 0 atom stereocenters.